The minimum absolute atomic E-state index is 0.346. The lowest BCUT2D eigenvalue weighted by Crippen LogP contribution is -2.12. The molecule has 20 heavy (non-hydrogen) atoms. The number of rotatable bonds is 6. The fraction of sp³-hybridized carbons (Fsp3) is 0.267. The van der Waals surface area contributed by atoms with Crippen LogP contribution in [0.25, 0.3) is 0 Å². The maximum Gasteiger partial charge on any atom is 0.232 e. The normalized spacial score (nSPS) is 10.6. The highest BCUT2D eigenvalue weighted by Gasteiger charge is 2.06. The van der Waals surface area contributed by atoms with Crippen LogP contribution in [0.3, 0.4) is 0 Å². The van der Waals surface area contributed by atoms with Crippen molar-refractivity contribution in [3.05, 3.63) is 57.7 Å². The summed E-state index contributed by atoms with van der Waals surface area (Å²) in [7, 11) is 0. The molecule has 0 aliphatic carbocycles. The first-order chi connectivity index (χ1) is 9.70. The Balaban J connectivity index is 2.01. The molecule has 0 saturated heterocycles. The van der Waals surface area contributed by atoms with Crippen LogP contribution in [0.15, 0.2) is 36.5 Å². The number of aromatic nitrogens is 1. The van der Waals surface area contributed by atoms with Crippen LogP contribution >= 0.6 is 23.2 Å². The van der Waals surface area contributed by atoms with Crippen molar-refractivity contribution < 1.29 is 4.74 Å². The Labute approximate surface area is 128 Å². The number of nitrogens with one attached hydrogen (secondary N) is 1. The van der Waals surface area contributed by atoms with Gasteiger partial charge in [0, 0.05) is 23.3 Å². The van der Waals surface area contributed by atoms with Gasteiger partial charge in [-0.25, -0.2) is 4.98 Å². The van der Waals surface area contributed by atoms with Crippen LogP contribution in [0.2, 0.25) is 10.0 Å². The molecule has 0 bridgehead atoms. The third kappa shape index (κ3) is 4.10. The first-order valence-electron chi connectivity index (χ1n) is 6.42. The number of halogens is 2. The van der Waals surface area contributed by atoms with Crippen LogP contribution in [-0.4, -0.2) is 11.5 Å². The molecule has 0 fully saturated rings. The van der Waals surface area contributed by atoms with Gasteiger partial charge in [-0.05, 0) is 24.2 Å². The lowest BCUT2D eigenvalue weighted by Gasteiger charge is -2.09. The zero-order valence-electron chi connectivity index (χ0n) is 11.2. The van der Waals surface area contributed by atoms with Crippen LogP contribution in [-0.2, 0) is 13.2 Å². The maximum absolute atomic E-state index is 6.17. The van der Waals surface area contributed by atoms with Crippen LogP contribution in [0.1, 0.15) is 18.1 Å². The van der Waals surface area contributed by atoms with Gasteiger partial charge in [-0.1, -0.05) is 48.3 Å². The number of ether oxygens (including phenoxy) is 1. The molecule has 0 radical (unpaired) electrons. The molecule has 0 spiro atoms. The summed E-state index contributed by atoms with van der Waals surface area (Å²) < 4.78 is 5.62. The van der Waals surface area contributed by atoms with E-state index in [0.29, 0.717) is 22.5 Å². The Bertz CT molecular complexity index is 576. The first kappa shape index (κ1) is 15.1. The summed E-state index contributed by atoms with van der Waals surface area (Å²) in [5, 5.41) is 4.40. The molecule has 2 aromatic rings. The Kier molecular flexibility index (Phi) is 5.65. The van der Waals surface area contributed by atoms with Crippen molar-refractivity contribution in [2.24, 2.45) is 0 Å². The zero-order valence-corrected chi connectivity index (χ0v) is 12.7. The van der Waals surface area contributed by atoms with Gasteiger partial charge in [0.1, 0.15) is 11.6 Å². The first-order valence-corrected chi connectivity index (χ1v) is 7.17. The van der Waals surface area contributed by atoms with Gasteiger partial charge in [0.05, 0.1) is 0 Å². The van der Waals surface area contributed by atoms with Gasteiger partial charge in [-0.15, -0.1) is 0 Å². The Morgan fingerprint density at radius 2 is 2.00 bits per heavy atom. The van der Waals surface area contributed by atoms with E-state index in [1.54, 1.807) is 6.20 Å². The second-order valence-electron chi connectivity index (χ2n) is 4.29. The molecular formula is C15H16Cl2N2O. The largest absolute Gasteiger partial charge is 0.472 e. The molecule has 1 heterocycles. The summed E-state index contributed by atoms with van der Waals surface area (Å²) in [4.78, 5) is 4.24. The van der Waals surface area contributed by atoms with E-state index in [1.807, 2.05) is 30.3 Å². The Morgan fingerprint density at radius 3 is 2.70 bits per heavy atom. The predicted octanol–water partition coefficient (Wildman–Crippen LogP) is 4.08. The molecule has 1 N–H and O–H groups in total. The number of nitrogens with zero attached hydrogens (tertiary/aromatic N) is 1. The standard InChI is InChI=1S/C15H16Cl2N2O/c1-2-18-8-11-7-14(17)15(19-9-11)20-10-12-5-3-4-6-13(12)16/h3-7,9,18H,2,8,10H2,1H3. The van der Waals surface area contributed by atoms with Crippen molar-refractivity contribution in [3.63, 3.8) is 0 Å². The second kappa shape index (κ2) is 7.48. The molecule has 1 aromatic heterocycles. The predicted molar refractivity (Wildman–Crippen MR) is 82.4 cm³/mol. The van der Waals surface area contributed by atoms with E-state index >= 15 is 0 Å². The van der Waals surface area contributed by atoms with Crippen molar-refractivity contribution in [2.75, 3.05) is 6.54 Å². The van der Waals surface area contributed by atoms with Crippen molar-refractivity contribution >= 4 is 23.2 Å². The zero-order chi connectivity index (χ0) is 14.4. The van der Waals surface area contributed by atoms with Gasteiger partial charge in [0.2, 0.25) is 5.88 Å². The van der Waals surface area contributed by atoms with Crippen LogP contribution < -0.4 is 10.1 Å². The van der Waals surface area contributed by atoms with Crippen LogP contribution in [0.5, 0.6) is 5.88 Å². The van der Waals surface area contributed by atoms with Crippen LogP contribution in [0, 0.1) is 0 Å². The molecule has 1 aromatic carbocycles. The topological polar surface area (TPSA) is 34.2 Å². The second-order valence-corrected chi connectivity index (χ2v) is 5.11. The minimum Gasteiger partial charge on any atom is -0.472 e. The smallest absolute Gasteiger partial charge is 0.232 e. The molecule has 106 valence electrons. The quantitative estimate of drug-likeness (QED) is 0.873. The summed E-state index contributed by atoms with van der Waals surface area (Å²) in [6.07, 6.45) is 1.76. The summed E-state index contributed by atoms with van der Waals surface area (Å²) in [6.45, 7) is 4.05. The SMILES string of the molecule is CCNCc1cnc(OCc2ccccc2Cl)c(Cl)c1. The van der Waals surface area contributed by atoms with Crippen LogP contribution in [0.4, 0.5) is 0 Å². The highest BCUT2D eigenvalue weighted by atomic mass is 35.5. The molecule has 5 heteroatoms. The van der Waals surface area contributed by atoms with Gasteiger partial charge < -0.3 is 10.1 Å². The number of benzene rings is 1. The molecule has 0 aliphatic rings. The Morgan fingerprint density at radius 1 is 1.20 bits per heavy atom. The lowest BCUT2D eigenvalue weighted by atomic mass is 10.2. The third-order valence-electron chi connectivity index (χ3n) is 2.77. The summed E-state index contributed by atoms with van der Waals surface area (Å²) in [5.41, 5.74) is 1.94. The van der Waals surface area contributed by atoms with Crippen molar-refractivity contribution in [1.82, 2.24) is 10.3 Å². The average Bonchev–Trinajstić information content (AvgIpc) is 2.45. The van der Waals surface area contributed by atoms with Gasteiger partial charge in [0.15, 0.2) is 0 Å². The monoisotopic (exact) mass is 310 g/mol. The molecule has 3 nitrogen and oxygen atoms in total. The van der Waals surface area contributed by atoms with Gasteiger partial charge in [-0.3, -0.25) is 0 Å². The highest BCUT2D eigenvalue weighted by molar-refractivity contribution is 6.32. The molecule has 2 rings (SSSR count). The van der Waals surface area contributed by atoms with Crippen molar-refractivity contribution in [1.29, 1.82) is 0 Å². The van der Waals surface area contributed by atoms with E-state index in [2.05, 4.69) is 17.2 Å². The summed E-state index contributed by atoms with van der Waals surface area (Å²) in [5.74, 6) is 0.423. The molecule has 0 saturated carbocycles. The minimum atomic E-state index is 0.346. The molecule has 0 amide bonds. The lowest BCUT2D eigenvalue weighted by molar-refractivity contribution is 0.294. The van der Waals surface area contributed by atoms with E-state index in [9.17, 15) is 0 Å². The fourth-order valence-electron chi connectivity index (χ4n) is 1.70. The van der Waals surface area contributed by atoms with E-state index < -0.39 is 0 Å². The Hall–Kier alpha value is -1.29. The van der Waals surface area contributed by atoms with E-state index in [0.717, 1.165) is 24.2 Å². The van der Waals surface area contributed by atoms with Gasteiger partial charge in [0.25, 0.3) is 0 Å². The maximum atomic E-state index is 6.17. The van der Waals surface area contributed by atoms with Gasteiger partial charge in [-0.2, -0.15) is 0 Å². The number of pyridine rings is 1. The molecule has 0 aliphatic heterocycles. The number of hydrogen-bond acceptors (Lipinski definition) is 3. The molecular weight excluding hydrogens is 295 g/mol. The number of hydrogen-bond donors (Lipinski definition) is 1. The third-order valence-corrected chi connectivity index (χ3v) is 3.40. The summed E-state index contributed by atoms with van der Waals surface area (Å²) >= 11 is 12.2. The van der Waals surface area contributed by atoms with E-state index in [1.165, 1.54) is 0 Å². The highest BCUT2D eigenvalue weighted by Crippen LogP contribution is 2.24. The van der Waals surface area contributed by atoms with E-state index in [-0.39, 0.29) is 0 Å². The van der Waals surface area contributed by atoms with Crippen molar-refractivity contribution in [3.8, 4) is 5.88 Å². The average molecular weight is 311 g/mol. The summed E-state index contributed by atoms with van der Waals surface area (Å²) in [6, 6.07) is 9.40. The fourth-order valence-corrected chi connectivity index (χ4v) is 2.13. The van der Waals surface area contributed by atoms with Crippen molar-refractivity contribution in [2.45, 2.75) is 20.1 Å². The molecule has 0 unspecified atom stereocenters. The van der Waals surface area contributed by atoms with Gasteiger partial charge >= 0.3 is 0 Å². The molecule has 0 atom stereocenters. The van der Waals surface area contributed by atoms with E-state index in [4.69, 9.17) is 27.9 Å².